The first-order chi connectivity index (χ1) is 8.96. The number of nitrogens with two attached hydrogens (primary N) is 1. The molecule has 1 rings (SSSR count). The maximum absolute atomic E-state index is 12.1. The van der Waals surface area contributed by atoms with Gasteiger partial charge in [0.25, 0.3) is 0 Å². The van der Waals surface area contributed by atoms with Crippen molar-refractivity contribution in [2.75, 3.05) is 13.7 Å². The molecule has 0 radical (unpaired) electrons. The van der Waals surface area contributed by atoms with Gasteiger partial charge in [0.1, 0.15) is 5.75 Å². The van der Waals surface area contributed by atoms with Crippen LogP contribution in [-0.4, -0.2) is 20.1 Å². The van der Waals surface area contributed by atoms with Crippen LogP contribution in [0.25, 0.3) is 0 Å². The Morgan fingerprint density at radius 1 is 1.37 bits per heavy atom. The number of rotatable bonds is 7. The Morgan fingerprint density at radius 3 is 2.68 bits per heavy atom. The molecule has 19 heavy (non-hydrogen) atoms. The lowest BCUT2D eigenvalue weighted by molar-refractivity contribution is -0.274. The van der Waals surface area contributed by atoms with Crippen LogP contribution in [0.2, 0.25) is 0 Å². The molecule has 0 spiro atoms. The van der Waals surface area contributed by atoms with E-state index >= 15 is 0 Å². The summed E-state index contributed by atoms with van der Waals surface area (Å²) in [6.45, 7) is 0.566. The van der Waals surface area contributed by atoms with Crippen molar-refractivity contribution in [2.45, 2.75) is 25.2 Å². The molecule has 0 aliphatic carbocycles. The molecule has 108 valence electrons. The molecule has 4 nitrogen and oxygen atoms in total. The van der Waals surface area contributed by atoms with Crippen LogP contribution in [0.1, 0.15) is 24.4 Å². The van der Waals surface area contributed by atoms with E-state index in [1.165, 1.54) is 18.2 Å². The molecule has 1 unspecified atom stereocenters. The van der Waals surface area contributed by atoms with Crippen molar-refractivity contribution in [3.8, 4) is 5.75 Å². The van der Waals surface area contributed by atoms with E-state index in [2.05, 4.69) is 10.2 Å². The van der Waals surface area contributed by atoms with Crippen LogP contribution >= 0.6 is 0 Å². The van der Waals surface area contributed by atoms with Gasteiger partial charge in [-0.2, -0.15) is 0 Å². The van der Waals surface area contributed by atoms with Gasteiger partial charge >= 0.3 is 6.36 Å². The van der Waals surface area contributed by atoms with Gasteiger partial charge in [-0.15, -0.1) is 13.2 Å². The number of hydrogen-bond donors (Lipinski definition) is 2. The number of alkyl halides is 3. The van der Waals surface area contributed by atoms with E-state index in [9.17, 15) is 13.2 Å². The van der Waals surface area contributed by atoms with Crippen LogP contribution in [0, 0.1) is 0 Å². The summed E-state index contributed by atoms with van der Waals surface area (Å²) in [5.74, 6) is 5.16. The summed E-state index contributed by atoms with van der Waals surface area (Å²) >= 11 is 0. The lowest BCUT2D eigenvalue weighted by Crippen LogP contribution is -2.28. The van der Waals surface area contributed by atoms with Crippen LogP contribution < -0.4 is 16.0 Å². The van der Waals surface area contributed by atoms with Crippen LogP contribution in [0.4, 0.5) is 13.2 Å². The molecule has 0 heterocycles. The van der Waals surface area contributed by atoms with Crippen molar-refractivity contribution in [1.29, 1.82) is 0 Å². The number of nitrogens with one attached hydrogen (secondary N) is 1. The second-order valence-corrected chi connectivity index (χ2v) is 3.97. The molecule has 0 aliphatic heterocycles. The average molecular weight is 278 g/mol. The number of benzene rings is 1. The highest BCUT2D eigenvalue weighted by Gasteiger charge is 2.31. The number of hydrazine groups is 1. The van der Waals surface area contributed by atoms with Gasteiger partial charge < -0.3 is 9.47 Å². The quantitative estimate of drug-likeness (QED) is 0.457. The molecule has 3 N–H and O–H groups in total. The standard InChI is InChI=1S/C12H17F3N2O2/c1-18-7-3-6-11(17-16)9-4-2-5-10(8-9)19-12(13,14)15/h2,4-5,8,11,17H,3,6-7,16H2,1H3. The van der Waals surface area contributed by atoms with Crippen LogP contribution in [0.3, 0.4) is 0 Å². The molecule has 0 aliphatic rings. The number of hydrogen-bond acceptors (Lipinski definition) is 4. The van der Waals surface area contributed by atoms with Gasteiger partial charge in [-0.05, 0) is 30.5 Å². The SMILES string of the molecule is COCCCC(NN)c1cccc(OC(F)(F)F)c1. The molecule has 0 saturated carbocycles. The van der Waals surface area contributed by atoms with E-state index in [4.69, 9.17) is 10.6 Å². The minimum atomic E-state index is -4.69. The van der Waals surface area contributed by atoms with E-state index in [1.807, 2.05) is 0 Å². The summed E-state index contributed by atoms with van der Waals surface area (Å²) in [7, 11) is 1.59. The van der Waals surface area contributed by atoms with Gasteiger partial charge in [0.15, 0.2) is 0 Å². The highest BCUT2D eigenvalue weighted by Crippen LogP contribution is 2.26. The van der Waals surface area contributed by atoms with Crippen molar-refractivity contribution >= 4 is 0 Å². The van der Waals surface area contributed by atoms with E-state index in [0.717, 1.165) is 6.42 Å². The summed E-state index contributed by atoms with van der Waals surface area (Å²) in [5.41, 5.74) is 3.21. The minimum absolute atomic E-state index is 0.244. The third kappa shape index (κ3) is 5.91. The lowest BCUT2D eigenvalue weighted by Gasteiger charge is -2.17. The first-order valence-corrected chi connectivity index (χ1v) is 5.77. The van der Waals surface area contributed by atoms with Crippen molar-refractivity contribution in [1.82, 2.24) is 5.43 Å². The molecule has 0 fully saturated rings. The Balaban J connectivity index is 2.72. The van der Waals surface area contributed by atoms with Crippen molar-refractivity contribution in [2.24, 2.45) is 5.84 Å². The smallest absolute Gasteiger partial charge is 0.406 e. The van der Waals surface area contributed by atoms with Crippen LogP contribution in [0.5, 0.6) is 5.75 Å². The summed E-state index contributed by atoms with van der Waals surface area (Å²) in [5, 5.41) is 0. The van der Waals surface area contributed by atoms with Gasteiger partial charge in [0.05, 0.1) is 0 Å². The highest BCUT2D eigenvalue weighted by molar-refractivity contribution is 5.30. The fourth-order valence-electron chi connectivity index (χ4n) is 1.71. The topological polar surface area (TPSA) is 56.5 Å². The molecule has 0 amide bonds. The first kappa shape index (κ1) is 15.7. The molecule has 1 aromatic carbocycles. The Kier molecular flexibility index (Phi) is 6.07. The zero-order valence-electron chi connectivity index (χ0n) is 10.5. The zero-order valence-corrected chi connectivity index (χ0v) is 10.5. The largest absolute Gasteiger partial charge is 0.573 e. The third-order valence-electron chi connectivity index (χ3n) is 2.54. The van der Waals surface area contributed by atoms with Gasteiger partial charge in [0, 0.05) is 19.8 Å². The van der Waals surface area contributed by atoms with Gasteiger partial charge in [0.2, 0.25) is 0 Å². The van der Waals surface area contributed by atoms with Crippen molar-refractivity contribution in [3.63, 3.8) is 0 Å². The average Bonchev–Trinajstić information content (AvgIpc) is 2.33. The van der Waals surface area contributed by atoms with E-state index in [1.54, 1.807) is 13.2 Å². The van der Waals surface area contributed by atoms with Crippen molar-refractivity contribution < 1.29 is 22.6 Å². The Labute approximate surface area is 109 Å². The maximum atomic E-state index is 12.1. The van der Waals surface area contributed by atoms with Crippen LogP contribution in [-0.2, 0) is 4.74 Å². The van der Waals surface area contributed by atoms with Gasteiger partial charge in [-0.3, -0.25) is 11.3 Å². The Hall–Kier alpha value is -1.31. The maximum Gasteiger partial charge on any atom is 0.573 e. The molecule has 0 aromatic heterocycles. The predicted octanol–water partition coefficient (Wildman–Crippen LogP) is 2.52. The minimum Gasteiger partial charge on any atom is -0.406 e. The summed E-state index contributed by atoms with van der Waals surface area (Å²) in [6, 6.07) is 5.52. The Bertz CT molecular complexity index is 385. The molecule has 7 heteroatoms. The third-order valence-corrected chi connectivity index (χ3v) is 2.54. The normalized spacial score (nSPS) is 13.3. The van der Waals surface area contributed by atoms with Gasteiger partial charge in [-0.1, -0.05) is 12.1 Å². The van der Waals surface area contributed by atoms with E-state index in [0.29, 0.717) is 18.6 Å². The van der Waals surface area contributed by atoms with Crippen LogP contribution in [0.15, 0.2) is 24.3 Å². The first-order valence-electron chi connectivity index (χ1n) is 5.77. The summed E-state index contributed by atoms with van der Waals surface area (Å²) in [4.78, 5) is 0. The number of methoxy groups -OCH3 is 1. The highest BCUT2D eigenvalue weighted by atomic mass is 19.4. The molecule has 1 aromatic rings. The summed E-state index contributed by atoms with van der Waals surface area (Å²) in [6.07, 6.45) is -3.30. The molecule has 1 atom stereocenters. The van der Waals surface area contributed by atoms with E-state index < -0.39 is 6.36 Å². The second-order valence-electron chi connectivity index (χ2n) is 3.97. The monoisotopic (exact) mass is 278 g/mol. The lowest BCUT2D eigenvalue weighted by atomic mass is 10.0. The van der Waals surface area contributed by atoms with Crippen molar-refractivity contribution in [3.05, 3.63) is 29.8 Å². The fourth-order valence-corrected chi connectivity index (χ4v) is 1.71. The molecular weight excluding hydrogens is 261 g/mol. The van der Waals surface area contributed by atoms with E-state index in [-0.39, 0.29) is 11.8 Å². The number of ether oxygens (including phenoxy) is 2. The van der Waals surface area contributed by atoms with Gasteiger partial charge in [-0.25, -0.2) is 0 Å². The molecule has 0 bridgehead atoms. The fraction of sp³-hybridized carbons (Fsp3) is 0.500. The second kappa shape index (κ2) is 7.32. The summed E-state index contributed by atoms with van der Waals surface area (Å²) < 4.78 is 45.2. The molecular formula is C12H17F3N2O2. The number of halogens is 3. The zero-order chi connectivity index (χ0) is 14.3. The Morgan fingerprint density at radius 2 is 2.11 bits per heavy atom. The molecule has 0 saturated heterocycles. The predicted molar refractivity (Wildman–Crippen MR) is 64.3 cm³/mol.